The van der Waals surface area contributed by atoms with Gasteiger partial charge in [0.15, 0.2) is 5.82 Å². The SMILES string of the molecule is CCc1cccc(C)c1-n1nnnc1C1(NC)CCCC1. The molecule has 112 valence electrons. The van der Waals surface area contributed by atoms with Crippen LogP contribution in [-0.4, -0.2) is 27.3 Å². The van der Waals surface area contributed by atoms with Gasteiger partial charge in [-0.3, -0.25) is 0 Å². The van der Waals surface area contributed by atoms with Crippen molar-refractivity contribution in [3.63, 3.8) is 0 Å². The normalized spacial score (nSPS) is 17.3. The summed E-state index contributed by atoms with van der Waals surface area (Å²) in [5.74, 6) is 0.950. The smallest absolute Gasteiger partial charge is 0.176 e. The van der Waals surface area contributed by atoms with Crippen LogP contribution in [0, 0.1) is 6.92 Å². The molecule has 1 aromatic heterocycles. The minimum atomic E-state index is -0.0865. The summed E-state index contributed by atoms with van der Waals surface area (Å²) in [6, 6.07) is 6.39. The number of rotatable bonds is 4. The van der Waals surface area contributed by atoms with Crippen molar-refractivity contribution in [2.75, 3.05) is 7.05 Å². The van der Waals surface area contributed by atoms with Gasteiger partial charge in [-0.15, -0.1) is 5.10 Å². The summed E-state index contributed by atoms with van der Waals surface area (Å²) >= 11 is 0. The van der Waals surface area contributed by atoms with Crippen molar-refractivity contribution < 1.29 is 0 Å². The fourth-order valence-corrected chi connectivity index (χ4v) is 3.51. The molecule has 21 heavy (non-hydrogen) atoms. The Kier molecular flexibility index (Phi) is 3.76. The highest BCUT2D eigenvalue weighted by molar-refractivity contribution is 5.47. The Labute approximate surface area is 125 Å². The van der Waals surface area contributed by atoms with Gasteiger partial charge in [0.05, 0.1) is 11.2 Å². The number of nitrogens with zero attached hydrogens (tertiary/aromatic N) is 4. The Hall–Kier alpha value is -1.75. The minimum Gasteiger partial charge on any atom is -0.308 e. The molecule has 0 aliphatic heterocycles. The molecule has 3 rings (SSSR count). The largest absolute Gasteiger partial charge is 0.308 e. The quantitative estimate of drug-likeness (QED) is 0.938. The fourth-order valence-electron chi connectivity index (χ4n) is 3.51. The molecule has 1 aliphatic rings. The standard InChI is InChI=1S/C16H23N5/c1-4-13-9-7-8-12(2)14(13)21-15(18-19-20-21)16(17-3)10-5-6-11-16/h7-9,17H,4-6,10-11H2,1-3H3. The van der Waals surface area contributed by atoms with E-state index in [-0.39, 0.29) is 5.54 Å². The van der Waals surface area contributed by atoms with Gasteiger partial charge in [-0.1, -0.05) is 38.0 Å². The van der Waals surface area contributed by atoms with E-state index in [9.17, 15) is 0 Å². The number of aromatic nitrogens is 4. The van der Waals surface area contributed by atoms with Crippen molar-refractivity contribution >= 4 is 0 Å². The van der Waals surface area contributed by atoms with Gasteiger partial charge >= 0.3 is 0 Å². The van der Waals surface area contributed by atoms with Crippen LogP contribution in [0.15, 0.2) is 18.2 Å². The number of benzene rings is 1. The maximum absolute atomic E-state index is 4.37. The zero-order valence-electron chi connectivity index (χ0n) is 13.1. The third-order valence-corrected chi connectivity index (χ3v) is 4.75. The van der Waals surface area contributed by atoms with E-state index in [1.807, 2.05) is 11.7 Å². The second kappa shape index (κ2) is 5.56. The minimum absolute atomic E-state index is 0.0865. The summed E-state index contributed by atoms with van der Waals surface area (Å²) in [4.78, 5) is 0. The first-order valence-corrected chi connectivity index (χ1v) is 7.78. The highest BCUT2D eigenvalue weighted by Gasteiger charge is 2.39. The first kappa shape index (κ1) is 14.2. The highest BCUT2D eigenvalue weighted by Crippen LogP contribution is 2.38. The van der Waals surface area contributed by atoms with Crippen LogP contribution in [-0.2, 0) is 12.0 Å². The molecule has 5 nitrogen and oxygen atoms in total. The van der Waals surface area contributed by atoms with Crippen molar-refractivity contribution in [1.29, 1.82) is 0 Å². The fraction of sp³-hybridized carbons (Fsp3) is 0.562. The first-order valence-electron chi connectivity index (χ1n) is 7.78. The summed E-state index contributed by atoms with van der Waals surface area (Å²) in [6.45, 7) is 4.30. The van der Waals surface area contributed by atoms with Gasteiger partial charge in [0.25, 0.3) is 0 Å². The lowest BCUT2D eigenvalue weighted by molar-refractivity contribution is 0.341. The number of aryl methyl sites for hydroxylation is 2. The lowest BCUT2D eigenvalue weighted by atomic mass is 9.96. The zero-order chi connectivity index (χ0) is 14.9. The Morgan fingerprint density at radius 1 is 1.29 bits per heavy atom. The van der Waals surface area contributed by atoms with E-state index in [0.717, 1.165) is 30.8 Å². The van der Waals surface area contributed by atoms with E-state index in [1.165, 1.54) is 24.0 Å². The zero-order valence-corrected chi connectivity index (χ0v) is 13.1. The van der Waals surface area contributed by atoms with Crippen molar-refractivity contribution in [2.45, 2.75) is 51.5 Å². The van der Waals surface area contributed by atoms with Crippen molar-refractivity contribution in [1.82, 2.24) is 25.5 Å². The second-order valence-electron chi connectivity index (χ2n) is 5.89. The number of nitrogens with one attached hydrogen (secondary N) is 1. The molecule has 2 aromatic rings. The van der Waals surface area contributed by atoms with Gasteiger partial charge in [0.1, 0.15) is 0 Å². The Morgan fingerprint density at radius 3 is 2.71 bits per heavy atom. The van der Waals surface area contributed by atoms with E-state index in [2.05, 4.69) is 52.9 Å². The highest BCUT2D eigenvalue weighted by atomic mass is 15.6. The molecular formula is C16H23N5. The van der Waals surface area contributed by atoms with Crippen LogP contribution in [0.2, 0.25) is 0 Å². The molecule has 1 heterocycles. The maximum atomic E-state index is 4.37. The summed E-state index contributed by atoms with van der Waals surface area (Å²) in [7, 11) is 2.02. The topological polar surface area (TPSA) is 55.6 Å². The molecule has 5 heteroatoms. The number of hydrogen-bond acceptors (Lipinski definition) is 4. The van der Waals surface area contributed by atoms with Gasteiger partial charge in [-0.2, -0.15) is 4.68 Å². The molecule has 0 unspecified atom stereocenters. The molecule has 1 aromatic carbocycles. The third-order valence-electron chi connectivity index (χ3n) is 4.75. The van der Waals surface area contributed by atoms with Gasteiger partial charge in [0.2, 0.25) is 0 Å². The molecule has 0 saturated heterocycles. The van der Waals surface area contributed by atoms with Crippen LogP contribution in [0.1, 0.15) is 49.6 Å². The van der Waals surface area contributed by atoms with E-state index in [0.29, 0.717) is 0 Å². The summed E-state index contributed by atoms with van der Waals surface area (Å²) < 4.78 is 1.95. The van der Waals surface area contributed by atoms with Crippen LogP contribution in [0.3, 0.4) is 0 Å². The molecule has 0 amide bonds. The molecule has 1 aliphatic carbocycles. The molecular weight excluding hydrogens is 262 g/mol. The molecule has 0 radical (unpaired) electrons. The van der Waals surface area contributed by atoms with Gasteiger partial charge in [-0.05, 0) is 54.8 Å². The molecule has 0 bridgehead atoms. The summed E-state index contributed by atoms with van der Waals surface area (Å²) in [6.07, 6.45) is 5.61. The second-order valence-corrected chi connectivity index (χ2v) is 5.89. The van der Waals surface area contributed by atoms with Crippen LogP contribution in [0.4, 0.5) is 0 Å². The van der Waals surface area contributed by atoms with E-state index < -0.39 is 0 Å². The summed E-state index contributed by atoms with van der Waals surface area (Å²) in [5, 5.41) is 16.1. The van der Waals surface area contributed by atoms with Crippen LogP contribution in [0.25, 0.3) is 5.69 Å². The van der Waals surface area contributed by atoms with Crippen LogP contribution < -0.4 is 5.32 Å². The van der Waals surface area contributed by atoms with E-state index in [4.69, 9.17) is 0 Å². The van der Waals surface area contributed by atoms with Gasteiger partial charge in [-0.25, -0.2) is 0 Å². The number of hydrogen-bond donors (Lipinski definition) is 1. The monoisotopic (exact) mass is 285 g/mol. The molecule has 1 fully saturated rings. The van der Waals surface area contributed by atoms with E-state index >= 15 is 0 Å². The van der Waals surface area contributed by atoms with Crippen molar-refractivity contribution in [2.24, 2.45) is 0 Å². The lowest BCUT2D eigenvalue weighted by Crippen LogP contribution is -2.40. The number of tetrazole rings is 1. The Bertz CT molecular complexity index is 625. The number of para-hydroxylation sites is 1. The van der Waals surface area contributed by atoms with E-state index in [1.54, 1.807) is 0 Å². The lowest BCUT2D eigenvalue weighted by Gasteiger charge is -2.27. The van der Waals surface area contributed by atoms with Crippen LogP contribution >= 0.6 is 0 Å². The summed E-state index contributed by atoms with van der Waals surface area (Å²) in [5.41, 5.74) is 3.55. The predicted molar refractivity (Wildman–Crippen MR) is 82.5 cm³/mol. The third kappa shape index (κ3) is 2.25. The van der Waals surface area contributed by atoms with Crippen LogP contribution in [0.5, 0.6) is 0 Å². The Balaban J connectivity index is 2.16. The molecule has 0 spiro atoms. The van der Waals surface area contributed by atoms with Gasteiger partial charge in [0, 0.05) is 0 Å². The predicted octanol–water partition coefficient (Wildman–Crippen LogP) is 2.52. The molecule has 0 atom stereocenters. The molecule has 1 saturated carbocycles. The average molecular weight is 285 g/mol. The maximum Gasteiger partial charge on any atom is 0.176 e. The Morgan fingerprint density at radius 2 is 2.05 bits per heavy atom. The van der Waals surface area contributed by atoms with Gasteiger partial charge < -0.3 is 5.32 Å². The van der Waals surface area contributed by atoms with Crippen molar-refractivity contribution in [3.8, 4) is 5.69 Å². The average Bonchev–Trinajstić information content (AvgIpc) is 3.16. The molecule has 1 N–H and O–H groups in total. The first-order chi connectivity index (χ1) is 10.2. The van der Waals surface area contributed by atoms with Crippen molar-refractivity contribution in [3.05, 3.63) is 35.2 Å².